The highest BCUT2D eigenvalue weighted by Gasteiger charge is 2.24. The van der Waals surface area contributed by atoms with Gasteiger partial charge in [0.2, 0.25) is 0 Å². The van der Waals surface area contributed by atoms with Crippen molar-refractivity contribution in [3.63, 3.8) is 0 Å². The minimum atomic E-state index is -0.239. The minimum absolute atomic E-state index is 0.239. The summed E-state index contributed by atoms with van der Waals surface area (Å²) in [5, 5.41) is 0. The highest BCUT2D eigenvalue weighted by Crippen LogP contribution is 2.37. The van der Waals surface area contributed by atoms with Crippen LogP contribution in [0.4, 0.5) is 0 Å². The fraction of sp³-hybridized carbons (Fsp3) is 0.500. The molecule has 2 N–H and O–H groups in total. The molecule has 3 rings (SSSR count). The maximum absolute atomic E-state index is 11.5. The summed E-state index contributed by atoms with van der Waals surface area (Å²) < 4.78 is 8.48. The maximum Gasteiger partial charge on any atom is 0.330 e. The van der Waals surface area contributed by atoms with Crippen LogP contribution in [-0.2, 0) is 16.0 Å². The Bertz CT molecular complexity index is 791. The predicted molar refractivity (Wildman–Crippen MR) is 118 cm³/mol. The van der Waals surface area contributed by atoms with Crippen LogP contribution in [0.5, 0.6) is 0 Å². The van der Waals surface area contributed by atoms with Gasteiger partial charge in [0.15, 0.2) is 0 Å². The number of esters is 1. The van der Waals surface area contributed by atoms with Crippen LogP contribution in [0, 0.1) is 3.57 Å². The average Bonchev–Trinajstić information content (AvgIpc) is 3.00. The smallest absolute Gasteiger partial charge is 0.330 e. The second-order valence-corrected chi connectivity index (χ2v) is 8.71. The van der Waals surface area contributed by atoms with Crippen molar-refractivity contribution in [1.82, 2.24) is 4.57 Å². The van der Waals surface area contributed by atoms with Gasteiger partial charge in [-0.3, -0.25) is 0 Å². The quantitative estimate of drug-likeness (QED) is 0.271. The number of nitrogens with two attached hydrogens (primary N) is 1. The van der Waals surface area contributed by atoms with Crippen molar-refractivity contribution < 1.29 is 9.53 Å². The molecule has 1 fully saturated rings. The molecule has 0 aromatic carbocycles. The van der Waals surface area contributed by atoms with Crippen LogP contribution in [-0.4, -0.2) is 17.6 Å². The molecule has 0 bridgehead atoms. The number of ether oxygens (including phenoxy) is 1. The molecule has 5 heteroatoms. The summed E-state index contributed by atoms with van der Waals surface area (Å²) in [4.78, 5) is 11.5. The molecule has 146 valence electrons. The largest absolute Gasteiger partial charge is 0.466 e. The summed E-state index contributed by atoms with van der Waals surface area (Å²) in [5.74, 6) is -0.239. The number of hydrogen-bond donors (Lipinski definition) is 1. The van der Waals surface area contributed by atoms with Crippen molar-refractivity contribution >= 4 is 34.3 Å². The first-order valence-corrected chi connectivity index (χ1v) is 10.9. The average molecular weight is 480 g/mol. The Hall–Kier alpha value is -1.50. The van der Waals surface area contributed by atoms with E-state index in [0.29, 0.717) is 6.04 Å². The molecular formula is C22H29IN2O2. The Kier molecular flexibility index (Phi) is 6.84. The third kappa shape index (κ3) is 4.86. The summed E-state index contributed by atoms with van der Waals surface area (Å²) in [5.41, 5.74) is 12.7. The first-order chi connectivity index (χ1) is 13.0. The number of rotatable bonds is 2. The molecule has 1 heterocycles. The lowest BCUT2D eigenvalue weighted by Crippen LogP contribution is -2.17. The van der Waals surface area contributed by atoms with Gasteiger partial charge < -0.3 is 15.0 Å². The van der Waals surface area contributed by atoms with E-state index in [4.69, 9.17) is 10.5 Å². The Labute approximate surface area is 175 Å². The Morgan fingerprint density at radius 2 is 1.93 bits per heavy atom. The van der Waals surface area contributed by atoms with E-state index in [0.717, 1.165) is 57.1 Å². The Morgan fingerprint density at radius 3 is 2.63 bits per heavy atom. The van der Waals surface area contributed by atoms with Gasteiger partial charge >= 0.3 is 5.97 Å². The number of aromatic nitrogens is 1. The van der Waals surface area contributed by atoms with Crippen molar-refractivity contribution in [1.29, 1.82) is 0 Å². The van der Waals surface area contributed by atoms with Gasteiger partial charge in [0.05, 0.1) is 7.11 Å². The summed E-state index contributed by atoms with van der Waals surface area (Å²) in [6.45, 7) is 2.23. The van der Waals surface area contributed by atoms with Crippen molar-refractivity contribution in [3.05, 3.63) is 50.4 Å². The molecule has 0 amide bonds. The molecule has 1 aromatic heterocycles. The predicted octanol–water partition coefficient (Wildman–Crippen LogP) is 5.28. The van der Waals surface area contributed by atoms with Crippen LogP contribution in [0.25, 0.3) is 5.70 Å². The summed E-state index contributed by atoms with van der Waals surface area (Å²) in [6, 6.07) is 0.470. The van der Waals surface area contributed by atoms with Crippen LogP contribution in [0.3, 0.4) is 0 Å². The number of nitrogens with zero attached hydrogens (tertiary/aromatic N) is 1. The molecule has 2 aliphatic carbocycles. The lowest BCUT2D eigenvalue weighted by atomic mass is 9.90. The van der Waals surface area contributed by atoms with Gasteiger partial charge in [-0.2, -0.15) is 0 Å². The fourth-order valence-corrected chi connectivity index (χ4v) is 5.05. The van der Waals surface area contributed by atoms with Crippen molar-refractivity contribution in [2.24, 2.45) is 5.73 Å². The topological polar surface area (TPSA) is 57.2 Å². The first kappa shape index (κ1) is 20.2. The van der Waals surface area contributed by atoms with Crippen molar-refractivity contribution in [2.45, 2.75) is 64.3 Å². The molecule has 27 heavy (non-hydrogen) atoms. The summed E-state index contributed by atoms with van der Waals surface area (Å²) in [7, 11) is 1.43. The summed E-state index contributed by atoms with van der Waals surface area (Å²) >= 11 is 2.43. The Balaban J connectivity index is 1.87. The molecule has 2 aliphatic rings. The van der Waals surface area contributed by atoms with Gasteiger partial charge in [-0.1, -0.05) is 23.3 Å². The van der Waals surface area contributed by atoms with E-state index in [1.807, 2.05) is 0 Å². The SMILES string of the molecule is COC(=O)C=C1CCC(n2cc(I)c3c2CC/C(C)=C/CCC=C3N)CC1. The van der Waals surface area contributed by atoms with E-state index in [9.17, 15) is 4.79 Å². The lowest BCUT2D eigenvalue weighted by Gasteiger charge is -2.27. The number of halogens is 1. The van der Waals surface area contributed by atoms with Gasteiger partial charge in [0.1, 0.15) is 0 Å². The standard InChI is InChI=1S/C22H29IN2O2/c1-15-5-3-4-6-19(24)22-18(23)14-25(20(22)12-7-15)17-10-8-16(9-11-17)13-21(26)27-2/h5-6,13-14,17H,3-4,7-12,24H2,1-2H3/b15-5+,16-13?,19-6?. The number of fused-ring (bicyclic) bond motifs is 1. The zero-order valence-corrected chi connectivity index (χ0v) is 18.4. The van der Waals surface area contributed by atoms with E-state index < -0.39 is 0 Å². The second kappa shape index (κ2) is 9.13. The van der Waals surface area contributed by atoms with E-state index in [-0.39, 0.29) is 5.97 Å². The number of allylic oxidation sites excluding steroid dienone is 4. The minimum Gasteiger partial charge on any atom is -0.466 e. The fourth-order valence-electron chi connectivity index (χ4n) is 4.13. The van der Waals surface area contributed by atoms with E-state index in [1.165, 1.54) is 33.1 Å². The molecule has 0 unspecified atom stereocenters. The van der Waals surface area contributed by atoms with E-state index in [1.54, 1.807) is 6.08 Å². The van der Waals surface area contributed by atoms with E-state index in [2.05, 4.69) is 52.4 Å². The molecule has 4 nitrogen and oxygen atoms in total. The van der Waals surface area contributed by atoms with Crippen LogP contribution in [0.1, 0.15) is 69.2 Å². The van der Waals surface area contributed by atoms with Crippen LogP contribution in [0.2, 0.25) is 0 Å². The third-order valence-electron chi connectivity index (χ3n) is 5.67. The molecule has 1 aromatic rings. The van der Waals surface area contributed by atoms with Gasteiger partial charge in [-0.25, -0.2) is 4.79 Å². The number of methoxy groups -OCH3 is 1. The number of carbonyl (C=O) groups is 1. The van der Waals surface area contributed by atoms with Crippen molar-refractivity contribution in [2.75, 3.05) is 7.11 Å². The molecule has 1 saturated carbocycles. The maximum atomic E-state index is 11.5. The van der Waals surface area contributed by atoms with Crippen molar-refractivity contribution in [3.8, 4) is 0 Å². The van der Waals surface area contributed by atoms with Gasteiger partial charge in [0.25, 0.3) is 0 Å². The molecule has 0 aliphatic heterocycles. The Morgan fingerprint density at radius 1 is 1.22 bits per heavy atom. The van der Waals surface area contributed by atoms with Gasteiger partial charge in [0, 0.05) is 38.8 Å². The molecular weight excluding hydrogens is 451 g/mol. The number of carbonyl (C=O) groups excluding carboxylic acids is 1. The normalized spacial score (nSPS) is 22.9. The highest BCUT2D eigenvalue weighted by atomic mass is 127. The molecule has 0 radical (unpaired) electrons. The van der Waals surface area contributed by atoms with Crippen LogP contribution in [0.15, 0.2) is 35.6 Å². The van der Waals surface area contributed by atoms with Crippen LogP contribution >= 0.6 is 22.6 Å². The molecule has 0 saturated heterocycles. The van der Waals surface area contributed by atoms with Crippen LogP contribution < -0.4 is 5.73 Å². The van der Waals surface area contributed by atoms with Gasteiger partial charge in [-0.15, -0.1) is 0 Å². The molecule has 0 atom stereocenters. The summed E-state index contributed by atoms with van der Waals surface area (Å²) in [6.07, 6.45) is 16.7. The third-order valence-corrected chi connectivity index (χ3v) is 6.49. The zero-order valence-electron chi connectivity index (χ0n) is 16.3. The highest BCUT2D eigenvalue weighted by molar-refractivity contribution is 14.1. The van der Waals surface area contributed by atoms with E-state index >= 15 is 0 Å². The number of hydrogen-bond acceptors (Lipinski definition) is 3. The second-order valence-electron chi connectivity index (χ2n) is 7.55. The molecule has 0 spiro atoms. The first-order valence-electron chi connectivity index (χ1n) is 9.77. The zero-order chi connectivity index (χ0) is 19.4. The monoisotopic (exact) mass is 480 g/mol. The van der Waals surface area contributed by atoms with Gasteiger partial charge in [-0.05, 0) is 80.9 Å². The lowest BCUT2D eigenvalue weighted by molar-refractivity contribution is -0.134.